The maximum absolute atomic E-state index is 11.8. The number of ether oxygens (including phenoxy) is 1. The van der Waals surface area contributed by atoms with Crippen molar-refractivity contribution in [3.05, 3.63) is 47.5 Å². The Morgan fingerprint density at radius 1 is 1.39 bits per heavy atom. The van der Waals surface area contributed by atoms with Crippen molar-refractivity contribution in [3.8, 4) is 11.5 Å². The van der Waals surface area contributed by atoms with Gasteiger partial charge in [0.2, 0.25) is 0 Å². The standard InChI is InChI=1S/C18H18N2O3/c1-11(21)14-8-18(23-2)17(22)9-16(14)19-10-13-7-12-5-3-4-6-15(12)20-13/h3-6,8-10,13,20,22H,7H2,1-2H3/t13-/m0/s1. The van der Waals surface area contributed by atoms with Gasteiger partial charge in [0.25, 0.3) is 0 Å². The number of carbonyl (C=O) groups excluding carboxylic acids is 1. The van der Waals surface area contributed by atoms with Crippen LogP contribution in [0.15, 0.2) is 41.4 Å². The van der Waals surface area contributed by atoms with Crippen molar-refractivity contribution in [2.75, 3.05) is 12.4 Å². The number of nitrogens with zero attached hydrogens (tertiary/aromatic N) is 1. The molecular formula is C18H18N2O3. The van der Waals surface area contributed by atoms with Crippen molar-refractivity contribution in [2.24, 2.45) is 4.99 Å². The SMILES string of the molecule is COc1cc(C(C)=O)c(N=C[C@@H]2Cc3ccccc3N2)cc1O. The Hall–Kier alpha value is -2.82. The number of para-hydroxylation sites is 1. The normalized spacial score (nSPS) is 16.2. The lowest BCUT2D eigenvalue weighted by atomic mass is 10.1. The minimum atomic E-state index is -0.127. The van der Waals surface area contributed by atoms with Crippen LogP contribution in [0, 0.1) is 0 Å². The Bertz CT molecular complexity index is 759. The van der Waals surface area contributed by atoms with E-state index in [2.05, 4.69) is 16.4 Å². The quantitative estimate of drug-likeness (QED) is 0.671. The smallest absolute Gasteiger partial charge is 0.162 e. The lowest BCUT2D eigenvalue weighted by molar-refractivity contribution is 0.101. The second-order valence-electron chi connectivity index (χ2n) is 5.49. The van der Waals surface area contributed by atoms with E-state index in [1.165, 1.54) is 31.7 Å². The first-order valence-corrected chi connectivity index (χ1v) is 7.39. The van der Waals surface area contributed by atoms with Crippen molar-refractivity contribution in [2.45, 2.75) is 19.4 Å². The molecular weight excluding hydrogens is 292 g/mol. The average molecular weight is 310 g/mol. The van der Waals surface area contributed by atoms with Crippen molar-refractivity contribution in [1.82, 2.24) is 0 Å². The summed E-state index contributed by atoms with van der Waals surface area (Å²) in [6, 6.07) is 11.1. The summed E-state index contributed by atoms with van der Waals surface area (Å²) in [7, 11) is 1.45. The van der Waals surface area contributed by atoms with Gasteiger partial charge < -0.3 is 15.2 Å². The third kappa shape index (κ3) is 3.04. The molecule has 0 spiro atoms. The number of carbonyl (C=O) groups is 1. The van der Waals surface area contributed by atoms with E-state index in [0.29, 0.717) is 11.3 Å². The largest absolute Gasteiger partial charge is 0.504 e. The summed E-state index contributed by atoms with van der Waals surface area (Å²) in [4.78, 5) is 16.2. The van der Waals surface area contributed by atoms with Crippen LogP contribution in [0.4, 0.5) is 11.4 Å². The third-order valence-corrected chi connectivity index (χ3v) is 3.87. The Morgan fingerprint density at radius 3 is 2.87 bits per heavy atom. The molecule has 23 heavy (non-hydrogen) atoms. The van der Waals surface area contributed by atoms with Gasteiger partial charge in [0.1, 0.15) is 0 Å². The number of methoxy groups -OCH3 is 1. The summed E-state index contributed by atoms with van der Waals surface area (Å²) in [6.07, 6.45) is 2.62. The maximum atomic E-state index is 11.8. The van der Waals surface area contributed by atoms with Crippen molar-refractivity contribution < 1.29 is 14.6 Å². The molecule has 0 aliphatic carbocycles. The molecule has 0 radical (unpaired) electrons. The first-order chi connectivity index (χ1) is 11.1. The molecule has 1 atom stereocenters. The molecule has 1 aliphatic heterocycles. The van der Waals surface area contributed by atoms with Gasteiger partial charge in [-0.1, -0.05) is 18.2 Å². The van der Waals surface area contributed by atoms with Gasteiger partial charge in [-0.3, -0.25) is 9.79 Å². The number of phenolic OH excluding ortho intramolecular Hbond substituents is 1. The first-order valence-electron chi connectivity index (χ1n) is 7.39. The van der Waals surface area contributed by atoms with Crippen LogP contribution < -0.4 is 10.1 Å². The van der Waals surface area contributed by atoms with E-state index < -0.39 is 0 Å². The zero-order valence-electron chi connectivity index (χ0n) is 13.0. The Kier molecular flexibility index (Phi) is 4.02. The molecule has 0 aromatic heterocycles. The molecule has 5 nitrogen and oxygen atoms in total. The lowest BCUT2D eigenvalue weighted by Crippen LogP contribution is -2.16. The predicted octanol–water partition coefficient (Wildman–Crippen LogP) is 3.34. The number of aliphatic imine (C=N–C) groups is 1. The molecule has 0 bridgehead atoms. The van der Waals surface area contributed by atoms with E-state index in [1.54, 1.807) is 6.21 Å². The van der Waals surface area contributed by atoms with Gasteiger partial charge in [0.05, 0.1) is 18.8 Å². The van der Waals surface area contributed by atoms with Crippen LogP contribution in [0.3, 0.4) is 0 Å². The van der Waals surface area contributed by atoms with Crippen LogP contribution in [0.5, 0.6) is 11.5 Å². The molecule has 3 rings (SSSR count). The van der Waals surface area contributed by atoms with Gasteiger partial charge in [0, 0.05) is 23.5 Å². The molecule has 1 aliphatic rings. The van der Waals surface area contributed by atoms with Gasteiger partial charge in [-0.15, -0.1) is 0 Å². The van der Waals surface area contributed by atoms with E-state index in [0.717, 1.165) is 12.1 Å². The molecule has 2 N–H and O–H groups in total. The number of rotatable bonds is 4. The summed E-state index contributed by atoms with van der Waals surface area (Å²) < 4.78 is 5.04. The summed E-state index contributed by atoms with van der Waals surface area (Å²) in [5, 5.41) is 13.3. The zero-order chi connectivity index (χ0) is 16.4. The van der Waals surface area contributed by atoms with Crippen molar-refractivity contribution in [3.63, 3.8) is 0 Å². The number of Topliss-reactive ketones (excluding diaryl/α,β-unsaturated/α-hetero) is 1. The molecule has 2 aromatic rings. The van der Waals surface area contributed by atoms with Crippen molar-refractivity contribution in [1.29, 1.82) is 0 Å². The molecule has 5 heteroatoms. The first kappa shape index (κ1) is 15.1. The maximum Gasteiger partial charge on any atom is 0.162 e. The minimum Gasteiger partial charge on any atom is -0.504 e. The Morgan fingerprint density at radius 2 is 2.17 bits per heavy atom. The Balaban J connectivity index is 1.86. The number of nitrogens with one attached hydrogen (secondary N) is 1. The highest BCUT2D eigenvalue weighted by molar-refractivity contribution is 6.00. The van der Waals surface area contributed by atoms with Gasteiger partial charge in [-0.25, -0.2) is 0 Å². The number of phenols is 1. The summed E-state index contributed by atoms with van der Waals surface area (Å²) in [5.74, 6) is 0.103. The molecule has 0 saturated heterocycles. The topological polar surface area (TPSA) is 70.9 Å². The molecule has 2 aromatic carbocycles. The fourth-order valence-corrected chi connectivity index (χ4v) is 2.70. The van der Waals surface area contributed by atoms with Crippen LogP contribution in [0.1, 0.15) is 22.8 Å². The fourth-order valence-electron chi connectivity index (χ4n) is 2.70. The van der Waals surface area contributed by atoms with Crippen LogP contribution in [-0.4, -0.2) is 30.3 Å². The highest BCUT2D eigenvalue weighted by atomic mass is 16.5. The molecule has 0 amide bonds. The zero-order valence-corrected chi connectivity index (χ0v) is 13.0. The number of hydrogen-bond donors (Lipinski definition) is 2. The minimum absolute atomic E-state index is 0.0349. The van der Waals surface area contributed by atoms with Gasteiger partial charge in [-0.05, 0) is 31.0 Å². The second-order valence-corrected chi connectivity index (χ2v) is 5.49. The number of fused-ring (bicyclic) bond motifs is 1. The highest BCUT2D eigenvalue weighted by Gasteiger charge is 2.18. The molecule has 0 saturated carbocycles. The monoisotopic (exact) mass is 310 g/mol. The van der Waals surface area contributed by atoms with Gasteiger partial charge >= 0.3 is 0 Å². The lowest BCUT2D eigenvalue weighted by Gasteiger charge is -2.09. The fraction of sp³-hybridized carbons (Fsp3) is 0.222. The van der Waals surface area contributed by atoms with Gasteiger partial charge in [-0.2, -0.15) is 0 Å². The van der Waals surface area contributed by atoms with Crippen molar-refractivity contribution >= 4 is 23.4 Å². The van der Waals surface area contributed by atoms with E-state index in [1.807, 2.05) is 18.2 Å². The molecule has 0 fully saturated rings. The number of anilines is 1. The number of benzene rings is 2. The Labute approximate surface area is 134 Å². The van der Waals surface area contributed by atoms with E-state index in [-0.39, 0.29) is 23.3 Å². The third-order valence-electron chi connectivity index (χ3n) is 3.87. The summed E-state index contributed by atoms with van der Waals surface area (Å²) in [5.41, 5.74) is 3.21. The number of aromatic hydroxyl groups is 1. The molecule has 0 unspecified atom stereocenters. The van der Waals surface area contributed by atoms with Crippen LogP contribution in [0.25, 0.3) is 0 Å². The van der Waals surface area contributed by atoms with Crippen LogP contribution >= 0.6 is 0 Å². The number of hydrogen-bond acceptors (Lipinski definition) is 5. The average Bonchev–Trinajstić information content (AvgIpc) is 2.95. The van der Waals surface area contributed by atoms with Crippen LogP contribution in [-0.2, 0) is 6.42 Å². The van der Waals surface area contributed by atoms with E-state index in [4.69, 9.17) is 4.74 Å². The van der Waals surface area contributed by atoms with E-state index in [9.17, 15) is 9.90 Å². The molecule has 1 heterocycles. The molecule has 118 valence electrons. The summed E-state index contributed by atoms with van der Waals surface area (Å²) in [6.45, 7) is 1.47. The van der Waals surface area contributed by atoms with Gasteiger partial charge in [0.15, 0.2) is 17.3 Å². The van der Waals surface area contributed by atoms with Crippen LogP contribution in [0.2, 0.25) is 0 Å². The second kappa shape index (κ2) is 6.12. The highest BCUT2D eigenvalue weighted by Crippen LogP contribution is 2.34. The van der Waals surface area contributed by atoms with E-state index >= 15 is 0 Å². The predicted molar refractivity (Wildman–Crippen MR) is 90.4 cm³/mol. The summed E-state index contributed by atoms with van der Waals surface area (Å²) >= 11 is 0. The number of ketones is 1.